The largest absolute Gasteiger partial charge is 0.490 e. The van der Waals surface area contributed by atoms with E-state index in [1.54, 1.807) is 0 Å². The van der Waals surface area contributed by atoms with Crippen LogP contribution in [-0.2, 0) is 9.59 Å². The molecule has 0 aliphatic carbocycles. The Morgan fingerprint density at radius 3 is 2.67 bits per heavy atom. The van der Waals surface area contributed by atoms with Crippen molar-refractivity contribution in [3.8, 4) is 0 Å². The number of nitrogens with zero attached hydrogens (tertiary/aromatic N) is 2. The first-order valence-corrected chi connectivity index (χ1v) is 9.07. The van der Waals surface area contributed by atoms with E-state index in [9.17, 15) is 18.0 Å². The van der Waals surface area contributed by atoms with Gasteiger partial charge in [0.1, 0.15) is 10.4 Å². The number of carbonyl (C=O) groups excluding carboxylic acids is 1. The fourth-order valence-electron chi connectivity index (χ4n) is 2.92. The fourth-order valence-corrected chi connectivity index (χ4v) is 3.23. The highest BCUT2D eigenvalue weighted by atomic mass is 79.9. The van der Waals surface area contributed by atoms with E-state index < -0.39 is 12.1 Å². The maximum atomic E-state index is 11.2. The van der Waals surface area contributed by atoms with E-state index >= 15 is 0 Å². The first-order chi connectivity index (χ1) is 12.6. The van der Waals surface area contributed by atoms with Crippen molar-refractivity contribution in [1.29, 1.82) is 0 Å². The summed E-state index contributed by atoms with van der Waals surface area (Å²) in [5, 5.41) is 13.7. The third-order valence-electron chi connectivity index (χ3n) is 4.30. The summed E-state index contributed by atoms with van der Waals surface area (Å²) >= 11 is 3.43. The molecule has 150 valence electrons. The number of aromatic nitrogens is 1. The number of carboxylic acid groups (broad SMARTS) is 1. The van der Waals surface area contributed by atoms with E-state index in [-0.39, 0.29) is 11.9 Å². The molecule has 27 heavy (non-hydrogen) atoms. The molecule has 3 rings (SSSR count). The van der Waals surface area contributed by atoms with Crippen molar-refractivity contribution in [1.82, 2.24) is 15.6 Å². The summed E-state index contributed by atoms with van der Waals surface area (Å²) in [5.74, 6) is -1.54. The number of nitrogens with one attached hydrogen (secondary N) is 2. The number of carboxylic acids is 1. The summed E-state index contributed by atoms with van der Waals surface area (Å²) in [6.45, 7) is 1.82. The number of carbonyl (C=O) groups is 2. The van der Waals surface area contributed by atoms with Gasteiger partial charge in [0.25, 0.3) is 0 Å². The van der Waals surface area contributed by atoms with Crippen molar-refractivity contribution in [2.75, 3.05) is 25.0 Å². The van der Waals surface area contributed by atoms with Crippen LogP contribution in [0.1, 0.15) is 30.9 Å². The van der Waals surface area contributed by atoms with Crippen LogP contribution in [0.2, 0.25) is 0 Å². The number of amides is 1. The lowest BCUT2D eigenvalue weighted by Crippen LogP contribution is -2.40. The molecule has 1 saturated heterocycles. The van der Waals surface area contributed by atoms with Crippen LogP contribution in [0.15, 0.2) is 16.7 Å². The number of hydrogen-bond donors (Lipinski definition) is 3. The van der Waals surface area contributed by atoms with Crippen LogP contribution in [-0.4, -0.2) is 54.3 Å². The molecule has 1 fully saturated rings. The lowest BCUT2D eigenvalue weighted by Gasteiger charge is -2.33. The summed E-state index contributed by atoms with van der Waals surface area (Å²) in [4.78, 5) is 26.9. The van der Waals surface area contributed by atoms with Crippen LogP contribution < -0.4 is 15.5 Å². The Morgan fingerprint density at radius 1 is 1.44 bits per heavy atom. The van der Waals surface area contributed by atoms with E-state index in [0.29, 0.717) is 12.5 Å². The van der Waals surface area contributed by atoms with Crippen LogP contribution in [0.3, 0.4) is 0 Å². The van der Waals surface area contributed by atoms with Gasteiger partial charge in [-0.1, -0.05) is 6.07 Å². The molecular formula is C16H20BrF3N4O3. The Bertz CT molecular complexity index is 702. The van der Waals surface area contributed by atoms with Crippen molar-refractivity contribution in [3.63, 3.8) is 0 Å². The SMILES string of the molecule is CN1CCC(NC[C@@H]2CCC(=O)N2)c2ccc(Br)nc21.O=C(O)C(F)(F)F. The molecule has 2 aliphatic heterocycles. The summed E-state index contributed by atoms with van der Waals surface area (Å²) in [5.41, 5.74) is 1.24. The molecule has 1 aromatic rings. The van der Waals surface area contributed by atoms with Gasteiger partial charge in [-0.05, 0) is 34.8 Å². The van der Waals surface area contributed by atoms with Crippen LogP contribution in [0, 0.1) is 0 Å². The molecule has 1 amide bonds. The molecule has 2 atom stereocenters. The third-order valence-corrected chi connectivity index (χ3v) is 4.74. The molecule has 1 aromatic heterocycles. The zero-order chi connectivity index (χ0) is 20.2. The van der Waals surface area contributed by atoms with Crippen LogP contribution in [0.5, 0.6) is 0 Å². The number of halogens is 4. The van der Waals surface area contributed by atoms with Gasteiger partial charge in [-0.15, -0.1) is 0 Å². The van der Waals surface area contributed by atoms with Gasteiger partial charge in [0, 0.05) is 44.2 Å². The molecular weight excluding hydrogens is 433 g/mol. The van der Waals surface area contributed by atoms with Gasteiger partial charge < -0.3 is 20.6 Å². The smallest absolute Gasteiger partial charge is 0.475 e. The van der Waals surface area contributed by atoms with Gasteiger partial charge in [-0.2, -0.15) is 13.2 Å². The minimum absolute atomic E-state index is 0.172. The molecule has 0 radical (unpaired) electrons. The highest BCUT2D eigenvalue weighted by Gasteiger charge is 2.38. The number of fused-ring (bicyclic) bond motifs is 1. The third kappa shape index (κ3) is 6.06. The van der Waals surface area contributed by atoms with E-state index in [4.69, 9.17) is 9.90 Å². The average molecular weight is 453 g/mol. The van der Waals surface area contributed by atoms with E-state index in [1.807, 2.05) is 6.07 Å². The molecule has 2 aliphatic rings. The standard InChI is InChI=1S/C14H19BrN4O.C2HF3O2/c1-19-7-6-11(10-3-4-12(15)18-14(10)19)16-8-9-2-5-13(20)17-9;3-2(4,5)1(6)7/h3-4,9,11,16H,2,5-8H2,1H3,(H,17,20);(H,6,7)/t9-,11?;/m0./s1. The molecule has 3 N–H and O–H groups in total. The zero-order valence-electron chi connectivity index (χ0n) is 14.5. The lowest BCUT2D eigenvalue weighted by molar-refractivity contribution is -0.192. The van der Waals surface area contributed by atoms with Crippen molar-refractivity contribution in [3.05, 3.63) is 22.3 Å². The van der Waals surface area contributed by atoms with Crippen molar-refractivity contribution in [2.45, 2.75) is 37.5 Å². The van der Waals surface area contributed by atoms with Crippen LogP contribution >= 0.6 is 15.9 Å². The van der Waals surface area contributed by atoms with Crippen molar-refractivity contribution < 1.29 is 27.9 Å². The zero-order valence-corrected chi connectivity index (χ0v) is 16.1. The Hall–Kier alpha value is -1.88. The number of rotatable bonds is 3. The molecule has 0 spiro atoms. The topological polar surface area (TPSA) is 94.6 Å². The number of hydrogen-bond acceptors (Lipinski definition) is 5. The van der Waals surface area contributed by atoms with Gasteiger partial charge in [0.15, 0.2) is 0 Å². The van der Waals surface area contributed by atoms with Gasteiger partial charge in [-0.25, -0.2) is 9.78 Å². The number of anilines is 1. The fraction of sp³-hybridized carbons (Fsp3) is 0.562. The van der Waals surface area contributed by atoms with Crippen LogP contribution in [0.4, 0.5) is 19.0 Å². The number of aliphatic carboxylic acids is 1. The monoisotopic (exact) mass is 452 g/mol. The molecule has 11 heteroatoms. The van der Waals surface area contributed by atoms with E-state index in [2.05, 4.69) is 49.6 Å². The summed E-state index contributed by atoms with van der Waals surface area (Å²) < 4.78 is 32.6. The number of pyridine rings is 1. The minimum Gasteiger partial charge on any atom is -0.475 e. The molecule has 3 heterocycles. The second-order valence-corrected chi connectivity index (χ2v) is 7.14. The van der Waals surface area contributed by atoms with Crippen molar-refractivity contribution >= 4 is 33.6 Å². The Labute approximate surface area is 162 Å². The Morgan fingerprint density at radius 2 is 2.11 bits per heavy atom. The number of alkyl halides is 3. The first kappa shape index (κ1) is 21.4. The molecule has 7 nitrogen and oxygen atoms in total. The lowest BCUT2D eigenvalue weighted by atomic mass is 9.99. The predicted octanol–water partition coefficient (Wildman–Crippen LogP) is 2.23. The average Bonchev–Trinajstić information content (AvgIpc) is 3.00. The first-order valence-electron chi connectivity index (χ1n) is 8.28. The van der Waals surface area contributed by atoms with Gasteiger partial charge in [0.2, 0.25) is 5.91 Å². The summed E-state index contributed by atoms with van der Waals surface area (Å²) in [7, 11) is 2.08. The van der Waals surface area contributed by atoms with Crippen LogP contribution in [0.25, 0.3) is 0 Å². The second-order valence-electron chi connectivity index (χ2n) is 6.32. The normalized spacial score (nSPS) is 21.8. The Kier molecular flexibility index (Phi) is 7.04. The molecule has 1 unspecified atom stereocenters. The predicted molar refractivity (Wildman–Crippen MR) is 95.4 cm³/mol. The highest BCUT2D eigenvalue weighted by Crippen LogP contribution is 2.32. The summed E-state index contributed by atoms with van der Waals surface area (Å²) in [6, 6.07) is 4.71. The van der Waals surface area contributed by atoms with Gasteiger partial charge in [0.05, 0.1) is 0 Å². The van der Waals surface area contributed by atoms with E-state index in [0.717, 1.165) is 36.4 Å². The maximum absolute atomic E-state index is 11.2. The molecule has 0 aromatic carbocycles. The van der Waals surface area contributed by atoms with Crippen molar-refractivity contribution in [2.24, 2.45) is 0 Å². The molecule has 0 saturated carbocycles. The maximum Gasteiger partial charge on any atom is 0.490 e. The minimum atomic E-state index is -5.08. The van der Waals surface area contributed by atoms with E-state index in [1.165, 1.54) is 5.56 Å². The Balaban J connectivity index is 0.000000321. The summed E-state index contributed by atoms with van der Waals surface area (Å²) in [6.07, 6.45) is -2.43. The van der Waals surface area contributed by atoms with Gasteiger partial charge in [-0.3, -0.25) is 4.79 Å². The van der Waals surface area contributed by atoms with Gasteiger partial charge >= 0.3 is 12.1 Å². The quantitative estimate of drug-likeness (QED) is 0.608. The second kappa shape index (κ2) is 8.87. The highest BCUT2D eigenvalue weighted by molar-refractivity contribution is 9.10. The molecule has 0 bridgehead atoms.